The van der Waals surface area contributed by atoms with E-state index in [-0.39, 0.29) is 46.9 Å². The van der Waals surface area contributed by atoms with E-state index in [9.17, 15) is 39.0 Å². The predicted molar refractivity (Wildman–Crippen MR) is 228 cm³/mol. The van der Waals surface area contributed by atoms with E-state index in [4.69, 9.17) is 17.3 Å². The molecule has 0 fully saturated rings. The van der Waals surface area contributed by atoms with Crippen molar-refractivity contribution in [2.24, 2.45) is 5.73 Å². The first-order chi connectivity index (χ1) is 28.2. The van der Waals surface area contributed by atoms with Gasteiger partial charge in [-0.2, -0.15) is 0 Å². The van der Waals surface area contributed by atoms with Crippen molar-refractivity contribution in [2.75, 3.05) is 33.2 Å². The highest BCUT2D eigenvalue weighted by molar-refractivity contribution is 6.30. The van der Waals surface area contributed by atoms with Crippen LogP contribution in [0.25, 0.3) is 22.3 Å². The monoisotopic (exact) mass is 828 g/mol. The van der Waals surface area contributed by atoms with Gasteiger partial charge in [0.15, 0.2) is 0 Å². The Morgan fingerprint density at radius 2 is 1.44 bits per heavy atom. The number of amides is 5. The van der Waals surface area contributed by atoms with Crippen molar-refractivity contribution in [3.8, 4) is 33.8 Å². The second kappa shape index (κ2) is 23.2. The van der Waals surface area contributed by atoms with Crippen molar-refractivity contribution in [3.05, 3.63) is 107 Å². The number of benzene rings is 4. The fourth-order valence-corrected chi connectivity index (χ4v) is 6.02. The van der Waals surface area contributed by atoms with Gasteiger partial charge in [-0.3, -0.25) is 28.8 Å². The van der Waals surface area contributed by atoms with Crippen LogP contribution >= 0.6 is 11.6 Å². The van der Waals surface area contributed by atoms with Crippen LogP contribution in [0.5, 0.6) is 11.5 Å². The molecule has 15 heteroatoms. The Morgan fingerprint density at radius 1 is 0.847 bits per heavy atom. The Bertz CT molecular complexity index is 2090. The Morgan fingerprint density at radius 3 is 2.02 bits per heavy atom. The van der Waals surface area contributed by atoms with E-state index in [0.717, 1.165) is 22.6 Å². The van der Waals surface area contributed by atoms with Crippen molar-refractivity contribution in [2.45, 2.75) is 59.0 Å². The van der Waals surface area contributed by atoms with Gasteiger partial charge in [-0.05, 0) is 90.7 Å². The first-order valence-corrected chi connectivity index (χ1v) is 19.7. The van der Waals surface area contributed by atoms with E-state index in [1.165, 1.54) is 57.1 Å². The van der Waals surface area contributed by atoms with Gasteiger partial charge in [0.2, 0.25) is 23.6 Å². The molecule has 1 aliphatic heterocycles. The number of hydrogen-bond donors (Lipinski definition) is 7. The number of aromatic hydroxyl groups is 2. The summed E-state index contributed by atoms with van der Waals surface area (Å²) >= 11 is 5.97. The molecule has 2 atom stereocenters. The standard InChI is InChI=1S/C38H36ClN5O8.C4H11N.C2H6/c1-21(45)18-40-37(51)30-16-22-3-13-31(46)28(15-22)29-17-26(10-14-32(29)47)35(38(52)41-19-33(48)43-30)44(2)34(49)20-42-36(50)25-6-4-23(5-7-25)24-8-11-27(39)12-9-24;1-2-3-4-5;1-2/h3-15,17,30,35,46-47H,16,18-20H2,1-2H3,(H,40,51)(H,41,52)(H,42,50)(H,43,48);2-5H2,1H3;1-2H3. The summed E-state index contributed by atoms with van der Waals surface area (Å²) in [5.41, 5.74) is 8.22. The van der Waals surface area contributed by atoms with Crippen LogP contribution in [0.3, 0.4) is 0 Å². The number of likely N-dealkylation sites (N-methyl/N-ethyl adjacent to an activating group) is 1. The second-order valence-electron chi connectivity index (χ2n) is 13.4. The molecule has 0 saturated carbocycles. The molecule has 8 N–H and O–H groups in total. The van der Waals surface area contributed by atoms with Gasteiger partial charge in [0.25, 0.3) is 5.91 Å². The molecule has 1 aliphatic rings. The fourth-order valence-electron chi connectivity index (χ4n) is 5.89. The molecule has 0 aliphatic carbocycles. The lowest BCUT2D eigenvalue weighted by Gasteiger charge is -2.29. The van der Waals surface area contributed by atoms with Crippen molar-refractivity contribution in [1.82, 2.24) is 26.2 Å². The lowest BCUT2D eigenvalue weighted by Crippen LogP contribution is -2.52. The number of ketones is 1. The van der Waals surface area contributed by atoms with Gasteiger partial charge in [0, 0.05) is 35.2 Å². The molecule has 2 unspecified atom stereocenters. The van der Waals surface area contributed by atoms with Gasteiger partial charge in [0.05, 0.1) is 19.6 Å². The van der Waals surface area contributed by atoms with E-state index in [1.54, 1.807) is 42.5 Å². The van der Waals surface area contributed by atoms with Crippen LogP contribution in [-0.2, 0) is 30.4 Å². The number of Topliss-reactive ketones (excluding diaryl/α,β-unsaturated/α-hetero) is 1. The van der Waals surface area contributed by atoms with E-state index in [0.29, 0.717) is 16.1 Å². The molecule has 0 radical (unpaired) electrons. The Balaban J connectivity index is 0.00000123. The van der Waals surface area contributed by atoms with Gasteiger partial charge in [-0.25, -0.2) is 0 Å². The van der Waals surface area contributed by atoms with Crippen molar-refractivity contribution in [3.63, 3.8) is 0 Å². The summed E-state index contributed by atoms with van der Waals surface area (Å²) in [7, 11) is 1.35. The molecule has 4 aromatic rings. The maximum atomic E-state index is 13.7. The highest BCUT2D eigenvalue weighted by atomic mass is 35.5. The quantitative estimate of drug-likeness (QED) is 0.118. The molecule has 0 saturated heterocycles. The summed E-state index contributed by atoms with van der Waals surface area (Å²) in [5, 5.41) is 32.4. The average molecular weight is 829 g/mol. The third kappa shape index (κ3) is 13.7. The second-order valence-corrected chi connectivity index (χ2v) is 13.8. The lowest BCUT2D eigenvalue weighted by atomic mass is 9.94. The molecule has 314 valence electrons. The maximum Gasteiger partial charge on any atom is 0.251 e. The van der Waals surface area contributed by atoms with Crippen molar-refractivity contribution in [1.29, 1.82) is 0 Å². The number of phenols is 2. The lowest BCUT2D eigenvalue weighted by molar-refractivity contribution is -0.139. The SMILES string of the molecule is CC.CC(=O)CNC(=O)C1Cc2ccc(O)c(c2)-c2cc(ccc2O)C(N(C)C(=O)CNC(=O)c2ccc(-c3ccc(Cl)cc3)cc2)C(=O)NCC(=O)N1.CCCCN. The number of halogens is 1. The third-order valence-corrected chi connectivity index (χ3v) is 9.28. The molecule has 14 nitrogen and oxygen atoms in total. The van der Waals surface area contributed by atoms with Crippen LogP contribution in [0.15, 0.2) is 84.9 Å². The predicted octanol–water partition coefficient (Wildman–Crippen LogP) is 4.65. The van der Waals surface area contributed by atoms with E-state index >= 15 is 0 Å². The molecule has 0 spiro atoms. The maximum absolute atomic E-state index is 13.7. The number of nitrogens with two attached hydrogens (primary N) is 1. The van der Waals surface area contributed by atoms with Gasteiger partial charge < -0.3 is 42.1 Å². The molecular formula is C44H53ClN6O8. The first kappa shape index (κ1) is 47.1. The summed E-state index contributed by atoms with van der Waals surface area (Å²) in [5.74, 6) is -4.10. The number of carbonyl (C=O) groups excluding carboxylic acids is 6. The summed E-state index contributed by atoms with van der Waals surface area (Å²) in [6.07, 6.45) is 2.34. The molecule has 5 rings (SSSR count). The third-order valence-electron chi connectivity index (χ3n) is 9.03. The van der Waals surface area contributed by atoms with Crippen molar-refractivity contribution < 1.29 is 39.0 Å². The van der Waals surface area contributed by atoms with E-state index < -0.39 is 54.7 Å². The Hall–Kier alpha value is -6.25. The Labute approximate surface area is 349 Å². The highest BCUT2D eigenvalue weighted by Gasteiger charge is 2.31. The van der Waals surface area contributed by atoms with Gasteiger partial charge in [-0.1, -0.05) is 75.2 Å². The smallest absolute Gasteiger partial charge is 0.251 e. The summed E-state index contributed by atoms with van der Waals surface area (Å²) in [6.45, 7) is 6.96. The number of fused-ring (bicyclic) bond motifs is 5. The van der Waals surface area contributed by atoms with Crippen LogP contribution in [0, 0.1) is 0 Å². The van der Waals surface area contributed by atoms with Crippen LogP contribution in [-0.4, -0.2) is 89.7 Å². The summed E-state index contributed by atoms with van der Waals surface area (Å²) < 4.78 is 0. The largest absolute Gasteiger partial charge is 0.507 e. The van der Waals surface area contributed by atoms with Crippen LogP contribution in [0.1, 0.15) is 68.1 Å². The molecular weight excluding hydrogens is 776 g/mol. The number of carbonyl (C=O) groups is 6. The summed E-state index contributed by atoms with van der Waals surface area (Å²) in [6, 6.07) is 20.1. The fraction of sp³-hybridized carbons (Fsp3) is 0.318. The molecule has 0 aromatic heterocycles. The van der Waals surface area contributed by atoms with Crippen LogP contribution in [0.2, 0.25) is 5.02 Å². The minimum absolute atomic E-state index is 0.0464. The number of phenolic OH excluding ortho intramolecular Hbond substituents is 2. The normalized spacial score (nSPS) is 14.6. The zero-order valence-corrected chi connectivity index (χ0v) is 34.7. The van der Waals surface area contributed by atoms with Crippen LogP contribution < -0.4 is 27.0 Å². The van der Waals surface area contributed by atoms with Gasteiger partial charge >= 0.3 is 0 Å². The van der Waals surface area contributed by atoms with E-state index in [2.05, 4.69) is 28.2 Å². The topological polar surface area (TPSA) is 220 Å². The zero-order chi connectivity index (χ0) is 43.6. The van der Waals surface area contributed by atoms with Crippen molar-refractivity contribution >= 4 is 46.9 Å². The minimum Gasteiger partial charge on any atom is -0.507 e. The number of hydrogen-bond acceptors (Lipinski definition) is 9. The average Bonchev–Trinajstić information content (AvgIpc) is 3.23. The molecule has 59 heavy (non-hydrogen) atoms. The van der Waals surface area contributed by atoms with E-state index in [1.807, 2.05) is 26.0 Å². The minimum atomic E-state index is -1.36. The molecule has 4 bridgehead atoms. The zero-order valence-electron chi connectivity index (χ0n) is 33.9. The number of unbranched alkanes of at least 4 members (excludes halogenated alkanes) is 1. The number of nitrogens with zero attached hydrogens (tertiary/aromatic N) is 1. The van der Waals surface area contributed by atoms with Crippen LogP contribution in [0.4, 0.5) is 0 Å². The number of rotatable bonds is 10. The highest BCUT2D eigenvalue weighted by Crippen LogP contribution is 2.38. The Kier molecular flexibility index (Phi) is 18.6. The first-order valence-electron chi connectivity index (χ1n) is 19.3. The molecule has 1 heterocycles. The van der Waals surface area contributed by atoms with Gasteiger partial charge in [0.1, 0.15) is 29.4 Å². The number of nitrogens with one attached hydrogen (secondary N) is 4. The molecule has 4 aromatic carbocycles. The molecule has 5 amide bonds. The summed E-state index contributed by atoms with van der Waals surface area (Å²) in [4.78, 5) is 78.8. The van der Waals surface area contributed by atoms with Gasteiger partial charge in [-0.15, -0.1) is 0 Å².